The number of fused-ring (bicyclic) bond motifs is 1. The van der Waals surface area contributed by atoms with Crippen LogP contribution in [0.3, 0.4) is 0 Å². The summed E-state index contributed by atoms with van der Waals surface area (Å²) in [5.41, 5.74) is -2.79. The summed E-state index contributed by atoms with van der Waals surface area (Å²) in [6, 6.07) is 3.17. The molecule has 0 aliphatic heterocycles. The highest BCUT2D eigenvalue weighted by molar-refractivity contribution is 8.00. The van der Waals surface area contributed by atoms with Crippen LogP contribution in [0, 0.1) is 0 Å². The third-order valence-electron chi connectivity index (χ3n) is 3.15. The lowest BCUT2D eigenvalue weighted by molar-refractivity contribution is -0.0329. The van der Waals surface area contributed by atoms with E-state index in [4.69, 9.17) is 4.74 Å². The van der Waals surface area contributed by atoms with E-state index in [9.17, 15) is 13.2 Å². The molecule has 0 saturated carbocycles. The van der Waals surface area contributed by atoms with Gasteiger partial charge in [0.05, 0.1) is 13.3 Å². The molecule has 3 rings (SSSR count). The number of halogens is 3. The summed E-state index contributed by atoms with van der Waals surface area (Å²) >= 11 is 1.32. The third-order valence-corrected chi connectivity index (χ3v) is 4.72. The summed E-state index contributed by atoms with van der Waals surface area (Å²) < 4.78 is 44.2. The second-order valence-electron chi connectivity index (χ2n) is 4.82. The molecule has 0 unspecified atom stereocenters. The first-order chi connectivity index (χ1) is 11.9. The van der Waals surface area contributed by atoms with Gasteiger partial charge in [0.25, 0.3) is 0 Å². The predicted molar refractivity (Wildman–Crippen MR) is 91.1 cm³/mol. The highest BCUT2D eigenvalue weighted by atomic mass is 32.2. The molecule has 0 amide bonds. The topological polar surface area (TPSA) is 52.3 Å². The summed E-state index contributed by atoms with van der Waals surface area (Å²) in [5.74, 6) is 1.47. The molecule has 5 nitrogen and oxygen atoms in total. The molecule has 0 saturated heterocycles. The molecule has 0 atom stereocenters. The number of methoxy groups -OCH3 is 1. The minimum Gasteiger partial charge on any atom is -0.495 e. The fraction of sp³-hybridized carbons (Fsp3) is 0.267. The van der Waals surface area contributed by atoms with Crippen LogP contribution in [0.5, 0.6) is 5.75 Å². The maximum absolute atomic E-state index is 12.5. The molecular weight excluding hydrogens is 373 g/mol. The number of nitrogens with zero attached hydrogens (tertiary/aromatic N) is 4. The van der Waals surface area contributed by atoms with Crippen molar-refractivity contribution >= 4 is 29.2 Å². The van der Waals surface area contributed by atoms with Crippen molar-refractivity contribution in [2.45, 2.75) is 22.4 Å². The van der Waals surface area contributed by atoms with Crippen molar-refractivity contribution in [1.29, 1.82) is 0 Å². The molecule has 0 fully saturated rings. The molecule has 3 aromatic rings. The van der Waals surface area contributed by atoms with E-state index in [1.165, 1.54) is 12.4 Å². The zero-order valence-corrected chi connectivity index (χ0v) is 14.9. The van der Waals surface area contributed by atoms with Crippen LogP contribution in [0.1, 0.15) is 6.92 Å². The Kier molecular flexibility index (Phi) is 5.09. The van der Waals surface area contributed by atoms with Gasteiger partial charge in [-0.15, -0.1) is 11.8 Å². The van der Waals surface area contributed by atoms with E-state index >= 15 is 0 Å². The number of ether oxygens (including phenoxy) is 1. The van der Waals surface area contributed by atoms with Crippen molar-refractivity contribution in [3.63, 3.8) is 0 Å². The second kappa shape index (κ2) is 7.12. The first-order valence-corrected chi connectivity index (χ1v) is 8.97. The summed E-state index contributed by atoms with van der Waals surface area (Å²) in [6.07, 6.45) is 4.59. The van der Waals surface area contributed by atoms with Crippen LogP contribution in [-0.2, 0) is 0 Å². The Labute approximate surface area is 150 Å². The Hall–Kier alpha value is -1.94. The van der Waals surface area contributed by atoms with E-state index in [2.05, 4.69) is 15.0 Å². The van der Waals surface area contributed by atoms with Gasteiger partial charge in [0.2, 0.25) is 0 Å². The normalized spacial score (nSPS) is 11.9. The van der Waals surface area contributed by atoms with E-state index in [1.54, 1.807) is 35.7 Å². The summed E-state index contributed by atoms with van der Waals surface area (Å²) in [7, 11) is 1.56. The number of thioether (sulfide) groups is 2. The minimum absolute atomic E-state index is 0.150. The monoisotopic (exact) mass is 386 g/mol. The van der Waals surface area contributed by atoms with Crippen molar-refractivity contribution < 1.29 is 17.9 Å². The summed E-state index contributed by atoms with van der Waals surface area (Å²) in [6.45, 7) is 2.02. The molecule has 0 spiro atoms. The zero-order chi connectivity index (χ0) is 18.0. The van der Waals surface area contributed by atoms with Gasteiger partial charge < -0.3 is 4.74 Å². The molecule has 0 radical (unpaired) electrons. The van der Waals surface area contributed by atoms with E-state index in [1.807, 2.05) is 13.0 Å². The van der Waals surface area contributed by atoms with Crippen LogP contribution in [0.4, 0.5) is 13.2 Å². The standard InChI is InChI=1S/C15H13F3N4OS2/c1-3-24-11-4-9(23-2)6-19-14(11)10-7-22-8-20-13(5-12(22)21-10)25-15(16,17)18/h4-8H,3H2,1-2H3. The summed E-state index contributed by atoms with van der Waals surface area (Å²) in [5, 5.41) is -0.150. The van der Waals surface area contributed by atoms with Crippen LogP contribution < -0.4 is 4.74 Å². The van der Waals surface area contributed by atoms with Crippen LogP contribution in [-0.4, -0.2) is 37.7 Å². The van der Waals surface area contributed by atoms with E-state index in [0.717, 1.165) is 10.6 Å². The van der Waals surface area contributed by atoms with Crippen LogP contribution in [0.15, 0.2) is 40.8 Å². The molecule has 3 aromatic heterocycles. The molecular formula is C15H13F3N4OS2. The highest BCUT2D eigenvalue weighted by Crippen LogP contribution is 2.36. The van der Waals surface area contributed by atoms with Crippen molar-refractivity contribution in [3.8, 4) is 17.1 Å². The van der Waals surface area contributed by atoms with Gasteiger partial charge in [0.1, 0.15) is 34.1 Å². The lowest BCUT2D eigenvalue weighted by atomic mass is 10.3. The average molecular weight is 386 g/mol. The fourth-order valence-electron chi connectivity index (χ4n) is 2.16. The molecule has 132 valence electrons. The van der Waals surface area contributed by atoms with Gasteiger partial charge >= 0.3 is 5.51 Å². The Bertz CT molecular complexity index is 898. The fourth-order valence-corrected chi connectivity index (χ4v) is 3.46. The number of alkyl halides is 3. The average Bonchev–Trinajstić information content (AvgIpc) is 2.96. The largest absolute Gasteiger partial charge is 0.495 e. The first-order valence-electron chi connectivity index (χ1n) is 7.17. The van der Waals surface area contributed by atoms with E-state index in [0.29, 0.717) is 22.8 Å². The van der Waals surface area contributed by atoms with Gasteiger partial charge in [0.15, 0.2) is 0 Å². The first kappa shape index (κ1) is 17.9. The maximum atomic E-state index is 12.5. The zero-order valence-electron chi connectivity index (χ0n) is 13.2. The van der Waals surface area contributed by atoms with Gasteiger partial charge in [-0.3, -0.25) is 4.40 Å². The Morgan fingerprint density at radius 2 is 2.04 bits per heavy atom. The van der Waals surface area contributed by atoms with Crippen molar-refractivity contribution in [3.05, 3.63) is 30.9 Å². The third kappa shape index (κ3) is 4.18. The lowest BCUT2D eigenvalue weighted by Crippen LogP contribution is -2.00. The molecule has 0 aromatic carbocycles. The second-order valence-corrected chi connectivity index (χ2v) is 7.21. The molecule has 25 heavy (non-hydrogen) atoms. The lowest BCUT2D eigenvalue weighted by Gasteiger charge is -2.07. The van der Waals surface area contributed by atoms with Gasteiger partial charge in [-0.2, -0.15) is 13.2 Å². The van der Waals surface area contributed by atoms with Crippen LogP contribution >= 0.6 is 23.5 Å². The SMILES string of the molecule is CCSc1cc(OC)cnc1-c1cn2cnc(SC(F)(F)F)cc2n1. The number of hydrogen-bond acceptors (Lipinski definition) is 6. The Morgan fingerprint density at radius 1 is 1.24 bits per heavy atom. The predicted octanol–water partition coefficient (Wildman–Crippen LogP) is 4.52. The number of rotatable bonds is 5. The highest BCUT2D eigenvalue weighted by Gasteiger charge is 2.30. The van der Waals surface area contributed by atoms with Crippen molar-refractivity contribution in [2.24, 2.45) is 0 Å². The number of hydrogen-bond donors (Lipinski definition) is 0. The van der Waals surface area contributed by atoms with E-state index in [-0.39, 0.29) is 16.8 Å². The van der Waals surface area contributed by atoms with Gasteiger partial charge in [-0.1, -0.05) is 6.92 Å². The van der Waals surface area contributed by atoms with Gasteiger partial charge in [0, 0.05) is 28.9 Å². The van der Waals surface area contributed by atoms with Gasteiger partial charge in [-0.05, 0) is 11.8 Å². The van der Waals surface area contributed by atoms with Gasteiger partial charge in [-0.25, -0.2) is 15.0 Å². The number of aromatic nitrogens is 4. The summed E-state index contributed by atoms with van der Waals surface area (Å²) in [4.78, 5) is 13.5. The Balaban J connectivity index is 2.01. The van der Waals surface area contributed by atoms with Crippen LogP contribution in [0.25, 0.3) is 17.0 Å². The molecule has 0 aliphatic rings. The van der Waals surface area contributed by atoms with Crippen molar-refractivity contribution in [2.75, 3.05) is 12.9 Å². The molecule has 0 N–H and O–H groups in total. The minimum atomic E-state index is -4.39. The van der Waals surface area contributed by atoms with Crippen molar-refractivity contribution in [1.82, 2.24) is 19.4 Å². The number of imidazole rings is 1. The maximum Gasteiger partial charge on any atom is 0.447 e. The molecule has 3 heterocycles. The number of pyridine rings is 1. The quantitative estimate of drug-likeness (QED) is 0.475. The molecule has 0 aliphatic carbocycles. The van der Waals surface area contributed by atoms with Crippen LogP contribution in [0.2, 0.25) is 0 Å². The van der Waals surface area contributed by atoms with E-state index < -0.39 is 5.51 Å². The molecule has 10 heteroatoms. The smallest absolute Gasteiger partial charge is 0.447 e. The Morgan fingerprint density at radius 3 is 2.72 bits per heavy atom. The molecule has 0 bridgehead atoms.